The highest BCUT2D eigenvalue weighted by molar-refractivity contribution is 7.09. The van der Waals surface area contributed by atoms with Crippen LogP contribution in [0.3, 0.4) is 0 Å². The van der Waals surface area contributed by atoms with E-state index in [1.54, 1.807) is 0 Å². The summed E-state index contributed by atoms with van der Waals surface area (Å²) < 4.78 is 0. The van der Waals surface area contributed by atoms with Crippen LogP contribution in [0.1, 0.15) is 49.7 Å². The average molecular weight is 224 g/mol. The van der Waals surface area contributed by atoms with E-state index in [2.05, 4.69) is 29.5 Å². The van der Waals surface area contributed by atoms with Crippen molar-refractivity contribution in [3.8, 4) is 0 Å². The Kier molecular flexibility index (Phi) is 3.76. The Hall–Kier alpha value is -0.410. The van der Waals surface area contributed by atoms with E-state index in [-0.39, 0.29) is 0 Å². The van der Waals surface area contributed by atoms with Gasteiger partial charge in [0.15, 0.2) is 0 Å². The summed E-state index contributed by atoms with van der Waals surface area (Å²) in [6, 6.07) is 0.747. The normalized spacial score (nSPS) is 21.4. The Morgan fingerprint density at radius 3 is 3.07 bits per heavy atom. The number of nitrogens with zero attached hydrogens (tertiary/aromatic N) is 1. The number of aromatic nitrogens is 1. The first kappa shape index (κ1) is 11.1. The fourth-order valence-corrected chi connectivity index (χ4v) is 2.98. The second-order valence-corrected chi connectivity index (χ2v) is 5.60. The van der Waals surface area contributed by atoms with Crippen LogP contribution in [0.5, 0.6) is 0 Å². The molecule has 0 bridgehead atoms. The summed E-state index contributed by atoms with van der Waals surface area (Å²) in [7, 11) is 0. The molecule has 1 aromatic rings. The molecule has 0 radical (unpaired) electrons. The van der Waals surface area contributed by atoms with Crippen molar-refractivity contribution >= 4 is 11.3 Å². The van der Waals surface area contributed by atoms with Crippen molar-refractivity contribution in [3.05, 3.63) is 16.1 Å². The van der Waals surface area contributed by atoms with Crippen LogP contribution in [0, 0.1) is 0 Å². The molecule has 0 saturated carbocycles. The van der Waals surface area contributed by atoms with E-state index in [1.165, 1.54) is 36.5 Å². The van der Waals surface area contributed by atoms with Gasteiger partial charge in [-0.2, -0.15) is 0 Å². The molecule has 2 heterocycles. The minimum atomic E-state index is 0.569. The molecule has 1 atom stereocenters. The predicted molar refractivity (Wildman–Crippen MR) is 65.5 cm³/mol. The quantitative estimate of drug-likeness (QED) is 0.850. The Labute approximate surface area is 96.1 Å². The van der Waals surface area contributed by atoms with E-state index in [4.69, 9.17) is 0 Å². The van der Waals surface area contributed by atoms with Gasteiger partial charge in [-0.05, 0) is 31.7 Å². The van der Waals surface area contributed by atoms with Crippen molar-refractivity contribution < 1.29 is 0 Å². The first-order valence-corrected chi connectivity index (χ1v) is 6.81. The minimum absolute atomic E-state index is 0.569. The van der Waals surface area contributed by atoms with E-state index in [1.807, 2.05) is 11.3 Å². The Morgan fingerprint density at radius 1 is 1.60 bits per heavy atom. The molecule has 1 aliphatic heterocycles. The summed E-state index contributed by atoms with van der Waals surface area (Å²) in [5.41, 5.74) is 1.26. The Balaban J connectivity index is 1.82. The average Bonchev–Trinajstić information content (AvgIpc) is 2.86. The highest BCUT2D eigenvalue weighted by Crippen LogP contribution is 2.20. The van der Waals surface area contributed by atoms with E-state index < -0.39 is 0 Å². The summed E-state index contributed by atoms with van der Waals surface area (Å²) >= 11 is 1.82. The molecule has 2 rings (SSSR count). The zero-order valence-electron chi connectivity index (χ0n) is 9.62. The Bertz CT molecular complexity index is 300. The lowest BCUT2D eigenvalue weighted by atomic mass is 10.1. The number of thiazole rings is 1. The number of hydrogen-bond acceptors (Lipinski definition) is 3. The monoisotopic (exact) mass is 224 g/mol. The third-order valence-electron chi connectivity index (χ3n) is 3.03. The molecule has 0 amide bonds. The maximum Gasteiger partial charge on any atom is 0.0928 e. The fraction of sp³-hybridized carbons (Fsp3) is 0.750. The van der Waals surface area contributed by atoms with Crippen molar-refractivity contribution in [2.45, 2.75) is 51.5 Å². The van der Waals surface area contributed by atoms with Crippen molar-refractivity contribution in [3.63, 3.8) is 0 Å². The molecular weight excluding hydrogens is 204 g/mol. The van der Waals surface area contributed by atoms with Gasteiger partial charge in [0.2, 0.25) is 0 Å². The Morgan fingerprint density at radius 2 is 2.47 bits per heavy atom. The van der Waals surface area contributed by atoms with Gasteiger partial charge in [-0.25, -0.2) is 4.98 Å². The van der Waals surface area contributed by atoms with Crippen molar-refractivity contribution in [1.29, 1.82) is 0 Å². The van der Waals surface area contributed by atoms with Gasteiger partial charge in [0.25, 0.3) is 0 Å². The van der Waals surface area contributed by atoms with Gasteiger partial charge < -0.3 is 5.32 Å². The molecular formula is C12H20N2S. The van der Waals surface area contributed by atoms with Crippen LogP contribution in [0.2, 0.25) is 0 Å². The van der Waals surface area contributed by atoms with Crippen LogP contribution in [0.4, 0.5) is 0 Å². The van der Waals surface area contributed by atoms with Gasteiger partial charge in [-0.15, -0.1) is 11.3 Å². The maximum absolute atomic E-state index is 4.66. The molecule has 0 aromatic carbocycles. The highest BCUT2D eigenvalue weighted by atomic mass is 32.1. The third-order valence-corrected chi connectivity index (χ3v) is 3.96. The first-order chi connectivity index (χ1) is 7.25. The van der Waals surface area contributed by atoms with Gasteiger partial charge in [-0.1, -0.05) is 13.8 Å². The van der Waals surface area contributed by atoms with Crippen molar-refractivity contribution in [1.82, 2.24) is 10.3 Å². The van der Waals surface area contributed by atoms with Gasteiger partial charge in [0.05, 0.1) is 10.7 Å². The molecule has 0 spiro atoms. The summed E-state index contributed by atoms with van der Waals surface area (Å²) in [5.74, 6) is 0.569. The van der Waals surface area contributed by atoms with Crippen LogP contribution in [0.15, 0.2) is 5.38 Å². The summed E-state index contributed by atoms with van der Waals surface area (Å²) in [6.45, 7) is 5.62. The van der Waals surface area contributed by atoms with Crippen molar-refractivity contribution in [2.75, 3.05) is 6.54 Å². The first-order valence-electron chi connectivity index (χ1n) is 5.93. The lowest BCUT2D eigenvalue weighted by Crippen LogP contribution is -2.21. The zero-order valence-corrected chi connectivity index (χ0v) is 10.4. The second kappa shape index (κ2) is 5.08. The highest BCUT2D eigenvalue weighted by Gasteiger charge is 2.14. The number of rotatable bonds is 4. The molecule has 1 N–H and O–H groups in total. The molecule has 2 nitrogen and oxygen atoms in total. The zero-order chi connectivity index (χ0) is 10.7. The molecule has 0 aliphatic carbocycles. The van der Waals surface area contributed by atoms with Crippen LogP contribution in [0.25, 0.3) is 0 Å². The summed E-state index contributed by atoms with van der Waals surface area (Å²) in [4.78, 5) is 4.66. The fourth-order valence-electron chi connectivity index (χ4n) is 2.01. The van der Waals surface area contributed by atoms with Gasteiger partial charge in [0.1, 0.15) is 0 Å². The molecule has 1 saturated heterocycles. The third kappa shape index (κ3) is 3.02. The minimum Gasteiger partial charge on any atom is -0.314 e. The second-order valence-electron chi connectivity index (χ2n) is 4.65. The predicted octanol–water partition coefficient (Wildman–Crippen LogP) is 2.95. The summed E-state index contributed by atoms with van der Waals surface area (Å²) in [5, 5.41) is 7.06. The van der Waals surface area contributed by atoms with Crippen LogP contribution < -0.4 is 5.32 Å². The van der Waals surface area contributed by atoms with Crippen LogP contribution in [-0.2, 0) is 6.42 Å². The molecule has 15 heavy (non-hydrogen) atoms. The maximum atomic E-state index is 4.66. The van der Waals surface area contributed by atoms with Crippen molar-refractivity contribution in [2.24, 2.45) is 0 Å². The molecule has 1 fully saturated rings. The van der Waals surface area contributed by atoms with Crippen LogP contribution >= 0.6 is 11.3 Å². The standard InChI is InChI=1S/C12H20N2S/c1-9(2)11-8-15-12(14-11)6-5-10-4-3-7-13-10/h8-10,13H,3-7H2,1-2H3. The molecule has 3 heteroatoms. The van der Waals surface area contributed by atoms with Crippen LogP contribution in [-0.4, -0.2) is 17.6 Å². The number of hydrogen-bond donors (Lipinski definition) is 1. The number of nitrogens with one attached hydrogen (secondary N) is 1. The lowest BCUT2D eigenvalue weighted by Gasteiger charge is -2.07. The van der Waals surface area contributed by atoms with E-state index in [9.17, 15) is 0 Å². The molecule has 1 unspecified atom stereocenters. The molecule has 84 valence electrons. The van der Waals surface area contributed by atoms with E-state index in [0.29, 0.717) is 5.92 Å². The molecule has 1 aliphatic rings. The van der Waals surface area contributed by atoms with Gasteiger partial charge in [-0.3, -0.25) is 0 Å². The van der Waals surface area contributed by atoms with Gasteiger partial charge in [0, 0.05) is 17.8 Å². The lowest BCUT2D eigenvalue weighted by molar-refractivity contribution is 0.558. The largest absolute Gasteiger partial charge is 0.314 e. The molecule has 1 aromatic heterocycles. The topological polar surface area (TPSA) is 24.9 Å². The van der Waals surface area contributed by atoms with E-state index >= 15 is 0 Å². The number of aryl methyl sites for hydroxylation is 1. The van der Waals surface area contributed by atoms with E-state index in [0.717, 1.165) is 12.5 Å². The SMILES string of the molecule is CC(C)c1csc(CCC2CCCN2)n1. The smallest absolute Gasteiger partial charge is 0.0928 e. The summed E-state index contributed by atoms with van der Waals surface area (Å²) in [6.07, 6.45) is 5.10. The van der Waals surface area contributed by atoms with Gasteiger partial charge >= 0.3 is 0 Å².